The molecule has 0 aliphatic carbocycles. The average molecular weight is 212 g/mol. The van der Waals surface area contributed by atoms with Gasteiger partial charge in [0.25, 0.3) is 0 Å². The van der Waals surface area contributed by atoms with Crippen LogP contribution in [0.4, 0.5) is 0 Å². The van der Waals surface area contributed by atoms with E-state index < -0.39 is 5.60 Å². The maximum absolute atomic E-state index is 9.86. The van der Waals surface area contributed by atoms with E-state index in [1.807, 2.05) is 20.0 Å². The predicted molar refractivity (Wildman–Crippen MR) is 58.3 cm³/mol. The van der Waals surface area contributed by atoms with Crippen LogP contribution in [0.15, 0.2) is 6.20 Å². The van der Waals surface area contributed by atoms with Crippen molar-refractivity contribution in [3.05, 3.63) is 11.9 Å². The van der Waals surface area contributed by atoms with Crippen molar-refractivity contribution >= 4 is 0 Å². The van der Waals surface area contributed by atoms with Gasteiger partial charge in [-0.2, -0.15) is 0 Å². The summed E-state index contributed by atoms with van der Waals surface area (Å²) in [4.78, 5) is 0. The zero-order valence-corrected chi connectivity index (χ0v) is 9.69. The molecule has 1 heterocycles. The van der Waals surface area contributed by atoms with E-state index in [9.17, 15) is 5.11 Å². The summed E-state index contributed by atoms with van der Waals surface area (Å²) in [5, 5.41) is 21.0. The van der Waals surface area contributed by atoms with Gasteiger partial charge in [-0.3, -0.25) is 0 Å². The lowest BCUT2D eigenvalue weighted by Crippen LogP contribution is -2.29. The third-order valence-electron chi connectivity index (χ3n) is 2.41. The predicted octanol–water partition coefficient (Wildman–Crippen LogP) is 0.549. The molecule has 0 radical (unpaired) electrons. The quantitative estimate of drug-likeness (QED) is 0.723. The zero-order chi connectivity index (χ0) is 11.3. The Hall–Kier alpha value is -0.940. The Kier molecular flexibility index (Phi) is 4.23. The maximum atomic E-state index is 9.86. The molecule has 0 saturated heterocycles. The fraction of sp³-hybridized carbons (Fsp3) is 0.800. The molecule has 0 fully saturated rings. The Labute approximate surface area is 90.5 Å². The molecule has 1 unspecified atom stereocenters. The van der Waals surface area contributed by atoms with Gasteiger partial charge in [-0.05, 0) is 19.9 Å². The van der Waals surface area contributed by atoms with Gasteiger partial charge in [0.05, 0.1) is 17.8 Å². The minimum atomic E-state index is -0.705. The fourth-order valence-corrected chi connectivity index (χ4v) is 1.21. The molecule has 2 N–H and O–H groups in total. The van der Waals surface area contributed by atoms with E-state index in [1.54, 1.807) is 11.6 Å². The van der Waals surface area contributed by atoms with Crippen molar-refractivity contribution in [1.29, 1.82) is 0 Å². The highest BCUT2D eigenvalue weighted by molar-refractivity contribution is 4.92. The van der Waals surface area contributed by atoms with Crippen molar-refractivity contribution < 1.29 is 5.11 Å². The second-order valence-corrected chi connectivity index (χ2v) is 4.04. The van der Waals surface area contributed by atoms with Crippen molar-refractivity contribution in [2.45, 2.75) is 45.9 Å². The van der Waals surface area contributed by atoms with Gasteiger partial charge < -0.3 is 10.4 Å². The van der Waals surface area contributed by atoms with E-state index >= 15 is 0 Å². The fourth-order valence-electron chi connectivity index (χ4n) is 1.21. The van der Waals surface area contributed by atoms with E-state index in [1.165, 1.54) is 0 Å². The molecule has 86 valence electrons. The zero-order valence-electron chi connectivity index (χ0n) is 9.69. The lowest BCUT2D eigenvalue weighted by atomic mass is 10.0. The first kappa shape index (κ1) is 12.1. The number of aliphatic hydroxyl groups is 1. The highest BCUT2D eigenvalue weighted by atomic mass is 16.3. The highest BCUT2D eigenvalue weighted by Gasteiger charge is 2.18. The van der Waals surface area contributed by atoms with Crippen LogP contribution in [0.2, 0.25) is 0 Å². The maximum Gasteiger partial charge on any atom is 0.0964 e. The molecule has 1 atom stereocenters. The first-order valence-corrected chi connectivity index (χ1v) is 5.39. The van der Waals surface area contributed by atoms with Crippen molar-refractivity contribution in [2.24, 2.45) is 0 Å². The summed E-state index contributed by atoms with van der Waals surface area (Å²) >= 11 is 0. The number of nitrogens with one attached hydrogen (secondary N) is 1. The van der Waals surface area contributed by atoms with Crippen LogP contribution >= 0.6 is 0 Å². The summed E-state index contributed by atoms with van der Waals surface area (Å²) in [6.07, 6.45) is 2.57. The Morgan fingerprint density at radius 3 is 2.87 bits per heavy atom. The normalized spacial score (nSPS) is 15.2. The molecule has 5 heteroatoms. The molecule has 0 saturated carbocycles. The van der Waals surface area contributed by atoms with Crippen molar-refractivity contribution in [3.63, 3.8) is 0 Å². The van der Waals surface area contributed by atoms with Crippen LogP contribution in [-0.4, -0.2) is 32.2 Å². The van der Waals surface area contributed by atoms with Crippen molar-refractivity contribution in [1.82, 2.24) is 20.3 Å². The molecular weight excluding hydrogens is 192 g/mol. The van der Waals surface area contributed by atoms with E-state index in [0.717, 1.165) is 18.8 Å². The summed E-state index contributed by atoms with van der Waals surface area (Å²) in [7, 11) is 0. The SMILES string of the molecule is CCNCc1cn(CC(C)(O)CC)nn1. The van der Waals surface area contributed by atoms with Gasteiger partial charge in [-0.15, -0.1) is 5.10 Å². The minimum Gasteiger partial charge on any atom is -0.388 e. The summed E-state index contributed by atoms with van der Waals surface area (Å²) in [5.41, 5.74) is 0.201. The lowest BCUT2D eigenvalue weighted by molar-refractivity contribution is 0.0339. The summed E-state index contributed by atoms with van der Waals surface area (Å²) in [6.45, 7) is 7.94. The average Bonchev–Trinajstić information content (AvgIpc) is 2.62. The van der Waals surface area contributed by atoms with Crippen molar-refractivity contribution in [2.75, 3.05) is 6.54 Å². The van der Waals surface area contributed by atoms with Crippen LogP contribution in [0.5, 0.6) is 0 Å². The molecule has 1 aromatic heterocycles. The lowest BCUT2D eigenvalue weighted by Gasteiger charge is -2.20. The number of rotatable bonds is 6. The first-order valence-electron chi connectivity index (χ1n) is 5.39. The minimum absolute atomic E-state index is 0.489. The van der Waals surface area contributed by atoms with Gasteiger partial charge in [0.15, 0.2) is 0 Å². The van der Waals surface area contributed by atoms with Crippen LogP contribution in [-0.2, 0) is 13.1 Å². The second kappa shape index (κ2) is 5.23. The molecule has 0 bridgehead atoms. The van der Waals surface area contributed by atoms with Crippen LogP contribution in [0, 0.1) is 0 Å². The highest BCUT2D eigenvalue weighted by Crippen LogP contribution is 2.10. The first-order chi connectivity index (χ1) is 7.07. The number of aromatic nitrogens is 3. The molecule has 15 heavy (non-hydrogen) atoms. The van der Waals surface area contributed by atoms with E-state index in [0.29, 0.717) is 13.0 Å². The number of nitrogens with zero attached hydrogens (tertiary/aromatic N) is 3. The van der Waals surface area contributed by atoms with E-state index in [2.05, 4.69) is 15.6 Å². The van der Waals surface area contributed by atoms with Crippen LogP contribution in [0.25, 0.3) is 0 Å². The largest absolute Gasteiger partial charge is 0.388 e. The third kappa shape index (κ3) is 3.97. The molecule has 0 aliphatic rings. The molecule has 1 rings (SSSR count). The second-order valence-electron chi connectivity index (χ2n) is 4.04. The molecule has 5 nitrogen and oxygen atoms in total. The Morgan fingerprint density at radius 2 is 2.27 bits per heavy atom. The molecule has 0 spiro atoms. The summed E-state index contributed by atoms with van der Waals surface area (Å²) < 4.78 is 1.69. The van der Waals surface area contributed by atoms with Crippen LogP contribution < -0.4 is 5.32 Å². The van der Waals surface area contributed by atoms with Crippen LogP contribution in [0.1, 0.15) is 32.9 Å². The Morgan fingerprint density at radius 1 is 1.53 bits per heavy atom. The molecule has 0 aromatic carbocycles. The molecule has 0 amide bonds. The summed E-state index contributed by atoms with van der Waals surface area (Å²) in [5.74, 6) is 0. The Balaban J connectivity index is 2.52. The van der Waals surface area contributed by atoms with Gasteiger partial charge in [0.2, 0.25) is 0 Å². The third-order valence-corrected chi connectivity index (χ3v) is 2.41. The Bertz CT molecular complexity index is 295. The smallest absolute Gasteiger partial charge is 0.0964 e. The van der Waals surface area contributed by atoms with Gasteiger partial charge >= 0.3 is 0 Å². The van der Waals surface area contributed by atoms with E-state index in [-0.39, 0.29) is 0 Å². The van der Waals surface area contributed by atoms with Crippen molar-refractivity contribution in [3.8, 4) is 0 Å². The molecular formula is C10H20N4O. The molecule has 1 aromatic rings. The van der Waals surface area contributed by atoms with Gasteiger partial charge in [0, 0.05) is 12.7 Å². The number of hydrogen-bond donors (Lipinski definition) is 2. The standard InChI is InChI=1S/C10H20N4O/c1-4-10(3,15)8-14-7-9(12-13-14)6-11-5-2/h7,11,15H,4-6,8H2,1-3H3. The van der Waals surface area contributed by atoms with Gasteiger partial charge in [-0.1, -0.05) is 19.1 Å². The monoisotopic (exact) mass is 212 g/mol. The van der Waals surface area contributed by atoms with Gasteiger partial charge in [0.1, 0.15) is 0 Å². The van der Waals surface area contributed by atoms with E-state index in [4.69, 9.17) is 0 Å². The van der Waals surface area contributed by atoms with Crippen LogP contribution in [0.3, 0.4) is 0 Å². The topological polar surface area (TPSA) is 63.0 Å². The number of hydrogen-bond acceptors (Lipinski definition) is 4. The van der Waals surface area contributed by atoms with Gasteiger partial charge in [-0.25, -0.2) is 4.68 Å². The molecule has 0 aliphatic heterocycles. The summed E-state index contributed by atoms with van der Waals surface area (Å²) in [6, 6.07) is 0.